The van der Waals surface area contributed by atoms with E-state index in [9.17, 15) is 4.79 Å². The Hall–Kier alpha value is -3.69. The molecule has 2 N–H and O–H groups in total. The van der Waals surface area contributed by atoms with Crippen molar-refractivity contribution in [3.63, 3.8) is 0 Å². The Morgan fingerprint density at radius 3 is 1.45 bits per heavy atom. The van der Waals surface area contributed by atoms with Crippen molar-refractivity contribution in [2.24, 2.45) is 0 Å². The van der Waals surface area contributed by atoms with Gasteiger partial charge in [-0.1, -0.05) is 128 Å². The van der Waals surface area contributed by atoms with Crippen molar-refractivity contribution >= 4 is 5.91 Å². The van der Waals surface area contributed by atoms with E-state index >= 15 is 0 Å². The van der Waals surface area contributed by atoms with Crippen LogP contribution in [0.3, 0.4) is 0 Å². The first-order valence-corrected chi connectivity index (χ1v) is 11.5. The monoisotopic (exact) mass is 434 g/mol. The molecule has 1 unspecified atom stereocenters. The van der Waals surface area contributed by atoms with Crippen molar-refractivity contribution in [3.8, 4) is 0 Å². The zero-order valence-corrected chi connectivity index (χ0v) is 18.9. The summed E-state index contributed by atoms with van der Waals surface area (Å²) in [5.74, 6) is -0.00600. The fourth-order valence-electron chi connectivity index (χ4n) is 4.34. The predicted octanol–water partition coefficient (Wildman–Crippen LogP) is 5.66. The van der Waals surface area contributed by atoms with E-state index in [0.29, 0.717) is 13.0 Å². The van der Waals surface area contributed by atoms with Gasteiger partial charge in [-0.05, 0) is 28.7 Å². The van der Waals surface area contributed by atoms with E-state index in [1.807, 2.05) is 91.9 Å². The van der Waals surface area contributed by atoms with Gasteiger partial charge in [0.2, 0.25) is 5.91 Å². The predicted molar refractivity (Wildman–Crippen MR) is 135 cm³/mol. The van der Waals surface area contributed by atoms with Crippen LogP contribution in [0.1, 0.15) is 35.6 Å². The highest BCUT2D eigenvalue weighted by Gasteiger charge is 2.39. The lowest BCUT2D eigenvalue weighted by molar-refractivity contribution is -0.123. The molecule has 3 heteroatoms. The summed E-state index contributed by atoms with van der Waals surface area (Å²) in [5, 5.41) is 6.92. The van der Waals surface area contributed by atoms with E-state index in [0.717, 1.165) is 22.3 Å². The molecule has 0 saturated heterocycles. The van der Waals surface area contributed by atoms with Crippen LogP contribution in [0.25, 0.3) is 0 Å². The van der Waals surface area contributed by atoms with Gasteiger partial charge in [0.05, 0.1) is 11.6 Å². The highest BCUT2D eigenvalue weighted by atomic mass is 16.2. The number of hydrogen-bond acceptors (Lipinski definition) is 2. The lowest BCUT2D eigenvalue weighted by Crippen LogP contribution is -2.54. The molecule has 0 radical (unpaired) electrons. The van der Waals surface area contributed by atoms with E-state index in [1.165, 1.54) is 0 Å². The van der Waals surface area contributed by atoms with Gasteiger partial charge < -0.3 is 5.32 Å². The number of rotatable bonds is 9. The molecule has 0 bridgehead atoms. The Labute approximate surface area is 196 Å². The topological polar surface area (TPSA) is 41.1 Å². The summed E-state index contributed by atoms with van der Waals surface area (Å²) < 4.78 is 0. The van der Waals surface area contributed by atoms with Gasteiger partial charge in [-0.3, -0.25) is 10.1 Å². The average Bonchev–Trinajstić information content (AvgIpc) is 2.90. The van der Waals surface area contributed by atoms with Crippen LogP contribution in [0.5, 0.6) is 0 Å². The van der Waals surface area contributed by atoms with Crippen molar-refractivity contribution in [3.05, 3.63) is 144 Å². The minimum atomic E-state index is -0.672. The van der Waals surface area contributed by atoms with E-state index in [-0.39, 0.29) is 11.9 Å². The first kappa shape index (κ1) is 22.5. The van der Waals surface area contributed by atoms with Gasteiger partial charge in [0.15, 0.2) is 0 Å². The largest absolute Gasteiger partial charge is 0.351 e. The molecule has 3 nitrogen and oxygen atoms in total. The smallest absolute Gasteiger partial charge is 0.237 e. The van der Waals surface area contributed by atoms with E-state index in [4.69, 9.17) is 0 Å². The highest BCUT2D eigenvalue weighted by Crippen LogP contribution is 2.37. The third kappa shape index (κ3) is 5.05. The first-order valence-electron chi connectivity index (χ1n) is 11.5. The summed E-state index contributed by atoms with van der Waals surface area (Å²) in [6.07, 6.45) is 0.662. The maximum absolute atomic E-state index is 13.3. The number of benzene rings is 4. The number of nitrogens with one attached hydrogen (secondary N) is 2. The molecule has 0 aliphatic heterocycles. The molecule has 4 aromatic carbocycles. The number of carbonyl (C=O) groups excluding carboxylic acids is 1. The molecule has 0 saturated carbocycles. The van der Waals surface area contributed by atoms with Crippen LogP contribution in [-0.4, -0.2) is 11.9 Å². The molecule has 0 fully saturated rings. The van der Waals surface area contributed by atoms with E-state index in [2.05, 4.69) is 47.0 Å². The molecule has 33 heavy (non-hydrogen) atoms. The SMILES string of the molecule is CCC(NC(c1ccccc1)(c1ccccc1)c1ccccc1)C(=O)NCc1ccccc1. The van der Waals surface area contributed by atoms with Gasteiger partial charge in [0, 0.05) is 6.54 Å². The van der Waals surface area contributed by atoms with Crippen LogP contribution in [0.2, 0.25) is 0 Å². The second-order valence-corrected chi connectivity index (χ2v) is 8.16. The third-order valence-corrected chi connectivity index (χ3v) is 6.05. The standard InChI is InChI=1S/C30H30N2O/c1-2-28(29(33)31-23-24-15-7-3-8-16-24)32-30(25-17-9-4-10-18-25,26-19-11-5-12-20-26)27-21-13-6-14-22-27/h3-22,28,32H,2,23H2,1H3,(H,31,33). The fraction of sp³-hybridized carbons (Fsp3) is 0.167. The Balaban J connectivity index is 1.75. The van der Waals surface area contributed by atoms with Crippen molar-refractivity contribution < 1.29 is 4.79 Å². The van der Waals surface area contributed by atoms with Gasteiger partial charge in [-0.15, -0.1) is 0 Å². The van der Waals surface area contributed by atoms with Gasteiger partial charge in [0.1, 0.15) is 0 Å². The Bertz CT molecular complexity index is 1030. The van der Waals surface area contributed by atoms with Crippen LogP contribution in [0, 0.1) is 0 Å². The molecule has 0 aromatic heterocycles. The molecule has 1 atom stereocenters. The zero-order valence-electron chi connectivity index (χ0n) is 18.9. The molecule has 0 heterocycles. The third-order valence-electron chi connectivity index (χ3n) is 6.05. The van der Waals surface area contributed by atoms with Crippen LogP contribution < -0.4 is 10.6 Å². The molecular formula is C30H30N2O. The van der Waals surface area contributed by atoms with Crippen molar-refractivity contribution in [2.75, 3.05) is 0 Å². The van der Waals surface area contributed by atoms with Crippen LogP contribution in [0.15, 0.2) is 121 Å². The summed E-state index contributed by atoms with van der Waals surface area (Å²) in [5.41, 5.74) is 3.69. The highest BCUT2D eigenvalue weighted by molar-refractivity contribution is 5.82. The molecule has 4 aromatic rings. The summed E-state index contributed by atoms with van der Waals surface area (Å²) in [6, 6.07) is 40.8. The molecule has 0 aliphatic carbocycles. The van der Waals surface area contributed by atoms with Crippen molar-refractivity contribution in [2.45, 2.75) is 31.5 Å². The summed E-state index contributed by atoms with van der Waals surface area (Å²) in [6.45, 7) is 2.55. The molecule has 4 rings (SSSR count). The molecular weight excluding hydrogens is 404 g/mol. The minimum absolute atomic E-state index is 0.00600. The Kier molecular flexibility index (Phi) is 7.33. The summed E-state index contributed by atoms with van der Waals surface area (Å²) >= 11 is 0. The van der Waals surface area contributed by atoms with Crippen molar-refractivity contribution in [1.29, 1.82) is 0 Å². The maximum atomic E-state index is 13.3. The minimum Gasteiger partial charge on any atom is -0.351 e. The molecule has 1 amide bonds. The maximum Gasteiger partial charge on any atom is 0.237 e. The van der Waals surface area contributed by atoms with Gasteiger partial charge in [-0.25, -0.2) is 0 Å². The second kappa shape index (κ2) is 10.8. The normalized spacial score (nSPS) is 12.2. The number of amides is 1. The Morgan fingerprint density at radius 1 is 0.667 bits per heavy atom. The first-order chi connectivity index (χ1) is 16.2. The van der Waals surface area contributed by atoms with Gasteiger partial charge in [0.25, 0.3) is 0 Å². The zero-order chi connectivity index (χ0) is 22.9. The molecule has 166 valence electrons. The van der Waals surface area contributed by atoms with Crippen LogP contribution in [0.4, 0.5) is 0 Å². The molecule has 0 spiro atoms. The quantitative estimate of drug-likeness (QED) is 0.334. The summed E-state index contributed by atoms with van der Waals surface area (Å²) in [7, 11) is 0. The number of carbonyl (C=O) groups is 1. The van der Waals surface area contributed by atoms with Crippen molar-refractivity contribution in [1.82, 2.24) is 10.6 Å². The fourth-order valence-corrected chi connectivity index (χ4v) is 4.34. The average molecular weight is 435 g/mol. The number of hydrogen-bond donors (Lipinski definition) is 2. The lowest BCUT2D eigenvalue weighted by atomic mass is 9.76. The van der Waals surface area contributed by atoms with Crippen LogP contribution >= 0.6 is 0 Å². The second-order valence-electron chi connectivity index (χ2n) is 8.16. The van der Waals surface area contributed by atoms with Gasteiger partial charge >= 0.3 is 0 Å². The summed E-state index contributed by atoms with van der Waals surface area (Å²) in [4.78, 5) is 13.3. The molecule has 0 aliphatic rings. The van der Waals surface area contributed by atoms with E-state index in [1.54, 1.807) is 0 Å². The van der Waals surface area contributed by atoms with E-state index < -0.39 is 5.54 Å². The lowest BCUT2D eigenvalue weighted by Gasteiger charge is -2.39. The Morgan fingerprint density at radius 2 is 1.06 bits per heavy atom. The van der Waals surface area contributed by atoms with Gasteiger partial charge in [-0.2, -0.15) is 0 Å². The van der Waals surface area contributed by atoms with Crippen LogP contribution in [-0.2, 0) is 16.9 Å².